The van der Waals surface area contributed by atoms with Crippen molar-refractivity contribution >= 4 is 29.6 Å². The number of methoxy groups -OCH3 is 1. The van der Waals surface area contributed by atoms with Crippen LogP contribution in [-0.2, 0) is 9.53 Å². The zero-order chi connectivity index (χ0) is 22.6. The first-order valence-electron chi connectivity index (χ1n) is 10.2. The number of Topliss-reactive ketones (excluding diaryl/α,β-unsaturated/α-hetero) is 1. The second-order valence-electron chi connectivity index (χ2n) is 7.47. The SMILES string of the molecule is COC(=O)C1(CC=C=Cc2ccccc2)C(=O)c2ccccc2SC1c1ccc(F)cc1. The smallest absolute Gasteiger partial charge is 0.321 e. The minimum atomic E-state index is -1.50. The summed E-state index contributed by atoms with van der Waals surface area (Å²) in [5.41, 5.74) is 3.73. The maximum absolute atomic E-state index is 13.8. The predicted molar refractivity (Wildman–Crippen MR) is 124 cm³/mol. The summed E-state index contributed by atoms with van der Waals surface area (Å²) in [4.78, 5) is 27.8. The molecule has 32 heavy (non-hydrogen) atoms. The maximum atomic E-state index is 13.8. The fourth-order valence-electron chi connectivity index (χ4n) is 3.92. The number of ketones is 1. The number of carbonyl (C=O) groups excluding carboxylic acids is 2. The highest BCUT2D eigenvalue weighted by molar-refractivity contribution is 7.99. The van der Waals surface area contributed by atoms with Crippen LogP contribution < -0.4 is 0 Å². The van der Waals surface area contributed by atoms with Gasteiger partial charge in [0.2, 0.25) is 0 Å². The molecule has 1 aliphatic rings. The highest BCUT2D eigenvalue weighted by atomic mass is 32.2. The minimum Gasteiger partial charge on any atom is -0.468 e. The average molecular weight is 445 g/mol. The molecule has 0 saturated carbocycles. The molecule has 3 nitrogen and oxygen atoms in total. The molecule has 0 fully saturated rings. The molecule has 0 radical (unpaired) electrons. The molecule has 3 aromatic rings. The van der Waals surface area contributed by atoms with Gasteiger partial charge in [-0.2, -0.15) is 0 Å². The Morgan fingerprint density at radius 1 is 1.06 bits per heavy atom. The number of ether oxygens (including phenoxy) is 1. The third kappa shape index (κ3) is 4.05. The summed E-state index contributed by atoms with van der Waals surface area (Å²) >= 11 is 1.42. The van der Waals surface area contributed by atoms with Gasteiger partial charge < -0.3 is 4.74 Å². The van der Waals surface area contributed by atoms with Gasteiger partial charge in [0.1, 0.15) is 5.82 Å². The van der Waals surface area contributed by atoms with E-state index in [-0.39, 0.29) is 18.0 Å². The van der Waals surface area contributed by atoms with Crippen LogP contribution in [0.1, 0.15) is 33.2 Å². The van der Waals surface area contributed by atoms with E-state index >= 15 is 0 Å². The first-order chi connectivity index (χ1) is 15.6. The van der Waals surface area contributed by atoms with Crippen molar-refractivity contribution in [2.75, 3.05) is 7.11 Å². The predicted octanol–water partition coefficient (Wildman–Crippen LogP) is 6.27. The highest BCUT2D eigenvalue weighted by Gasteiger charge is 2.56. The Hall–Kier alpha value is -3.40. The Morgan fingerprint density at radius 2 is 1.75 bits per heavy atom. The Labute approximate surface area is 190 Å². The Bertz CT molecular complexity index is 1200. The van der Waals surface area contributed by atoms with E-state index in [1.54, 1.807) is 36.4 Å². The van der Waals surface area contributed by atoms with E-state index in [4.69, 9.17) is 4.74 Å². The van der Waals surface area contributed by atoms with E-state index in [9.17, 15) is 14.0 Å². The molecule has 0 saturated heterocycles. The number of carbonyl (C=O) groups is 2. The first-order valence-corrected chi connectivity index (χ1v) is 11.0. The summed E-state index contributed by atoms with van der Waals surface area (Å²) in [6.07, 6.45) is 3.60. The molecule has 160 valence electrons. The van der Waals surface area contributed by atoms with Gasteiger partial charge in [-0.1, -0.05) is 60.7 Å². The number of hydrogen-bond donors (Lipinski definition) is 0. The summed E-state index contributed by atoms with van der Waals surface area (Å²) in [5, 5.41) is -0.576. The van der Waals surface area contributed by atoms with Crippen LogP contribution in [0.2, 0.25) is 0 Å². The monoisotopic (exact) mass is 444 g/mol. The molecule has 5 heteroatoms. The van der Waals surface area contributed by atoms with Crippen LogP contribution >= 0.6 is 11.8 Å². The fourth-order valence-corrected chi connectivity index (χ4v) is 5.42. The van der Waals surface area contributed by atoms with Crippen LogP contribution in [0.4, 0.5) is 4.39 Å². The third-order valence-corrected chi connectivity index (χ3v) is 7.06. The molecular formula is C27H21FO3S. The van der Waals surface area contributed by atoms with Crippen molar-refractivity contribution in [1.29, 1.82) is 0 Å². The third-order valence-electron chi connectivity index (χ3n) is 5.54. The van der Waals surface area contributed by atoms with Crippen LogP contribution in [0.15, 0.2) is 95.6 Å². The molecule has 4 rings (SSSR count). The van der Waals surface area contributed by atoms with Gasteiger partial charge >= 0.3 is 5.97 Å². The van der Waals surface area contributed by atoms with Gasteiger partial charge in [-0.05, 0) is 47.9 Å². The number of fused-ring (bicyclic) bond motifs is 1. The molecule has 2 unspecified atom stereocenters. The molecule has 0 amide bonds. The van der Waals surface area contributed by atoms with Gasteiger partial charge in [-0.15, -0.1) is 17.5 Å². The van der Waals surface area contributed by atoms with Gasteiger partial charge in [0.25, 0.3) is 0 Å². The number of halogens is 1. The molecule has 2 atom stereocenters. The highest BCUT2D eigenvalue weighted by Crippen LogP contribution is 2.56. The van der Waals surface area contributed by atoms with Crippen molar-refractivity contribution < 1.29 is 18.7 Å². The second kappa shape index (κ2) is 9.39. The van der Waals surface area contributed by atoms with Gasteiger partial charge in [-0.25, -0.2) is 4.39 Å². The van der Waals surface area contributed by atoms with Crippen LogP contribution in [-0.4, -0.2) is 18.9 Å². The standard InChI is InChI=1S/C27H21FO3S/c1-31-26(30)27(18-8-7-11-19-9-3-2-4-10-19)24(29)22-12-5-6-13-23(22)32-25(27)20-14-16-21(28)17-15-20/h2-6,8-17,25H,18H2,1H3. The van der Waals surface area contributed by atoms with Gasteiger partial charge in [0.15, 0.2) is 11.2 Å². The topological polar surface area (TPSA) is 43.4 Å². The van der Waals surface area contributed by atoms with Crippen molar-refractivity contribution in [3.8, 4) is 0 Å². The fraction of sp³-hybridized carbons (Fsp3) is 0.148. The van der Waals surface area contributed by atoms with Crippen molar-refractivity contribution in [3.63, 3.8) is 0 Å². The van der Waals surface area contributed by atoms with E-state index in [2.05, 4.69) is 5.73 Å². The largest absolute Gasteiger partial charge is 0.468 e. The zero-order valence-corrected chi connectivity index (χ0v) is 18.3. The summed E-state index contributed by atoms with van der Waals surface area (Å²) in [6, 6.07) is 22.8. The van der Waals surface area contributed by atoms with Crippen LogP contribution in [0, 0.1) is 11.2 Å². The summed E-state index contributed by atoms with van der Waals surface area (Å²) in [6.45, 7) is 0. The Kier molecular flexibility index (Phi) is 6.40. The van der Waals surface area contributed by atoms with Crippen molar-refractivity contribution in [2.45, 2.75) is 16.6 Å². The van der Waals surface area contributed by atoms with Gasteiger partial charge in [0, 0.05) is 10.5 Å². The molecule has 0 spiro atoms. The number of hydrogen-bond acceptors (Lipinski definition) is 4. The average Bonchev–Trinajstić information content (AvgIpc) is 2.83. The summed E-state index contributed by atoms with van der Waals surface area (Å²) < 4.78 is 18.8. The lowest BCUT2D eigenvalue weighted by Gasteiger charge is -2.40. The van der Waals surface area contributed by atoms with E-state index in [0.29, 0.717) is 11.1 Å². The number of esters is 1. The van der Waals surface area contributed by atoms with Gasteiger partial charge in [0.05, 0.1) is 12.4 Å². The van der Waals surface area contributed by atoms with Crippen LogP contribution in [0.5, 0.6) is 0 Å². The van der Waals surface area contributed by atoms with Crippen LogP contribution in [0.3, 0.4) is 0 Å². The summed E-state index contributed by atoms with van der Waals surface area (Å²) in [7, 11) is 1.29. The second-order valence-corrected chi connectivity index (χ2v) is 8.61. The lowest BCUT2D eigenvalue weighted by Crippen LogP contribution is -2.46. The van der Waals surface area contributed by atoms with E-state index in [1.165, 1.54) is 31.0 Å². The molecule has 0 aromatic heterocycles. The van der Waals surface area contributed by atoms with Crippen molar-refractivity contribution in [3.05, 3.63) is 113 Å². The van der Waals surface area contributed by atoms with E-state index < -0.39 is 16.6 Å². The number of thioether (sulfide) groups is 1. The number of rotatable bonds is 5. The van der Waals surface area contributed by atoms with Crippen molar-refractivity contribution in [1.82, 2.24) is 0 Å². The molecule has 0 aliphatic carbocycles. The molecule has 0 bridgehead atoms. The molecular weight excluding hydrogens is 423 g/mol. The Balaban J connectivity index is 1.83. The van der Waals surface area contributed by atoms with E-state index in [0.717, 1.165) is 10.5 Å². The minimum absolute atomic E-state index is 0.102. The number of allylic oxidation sites excluding steroid dienone is 1. The van der Waals surface area contributed by atoms with E-state index in [1.807, 2.05) is 42.5 Å². The lowest BCUT2D eigenvalue weighted by molar-refractivity contribution is -0.149. The maximum Gasteiger partial charge on any atom is 0.321 e. The normalized spacial score (nSPS) is 19.4. The molecule has 3 aromatic carbocycles. The Morgan fingerprint density at radius 3 is 2.47 bits per heavy atom. The summed E-state index contributed by atoms with van der Waals surface area (Å²) in [5.74, 6) is -1.29. The molecule has 0 N–H and O–H groups in total. The van der Waals surface area contributed by atoms with Crippen molar-refractivity contribution in [2.24, 2.45) is 5.41 Å². The van der Waals surface area contributed by atoms with Crippen LogP contribution in [0.25, 0.3) is 6.08 Å². The number of benzene rings is 3. The lowest BCUT2D eigenvalue weighted by atomic mass is 9.72. The van der Waals surface area contributed by atoms with Gasteiger partial charge in [-0.3, -0.25) is 9.59 Å². The molecule has 1 aliphatic heterocycles. The molecule has 1 heterocycles. The first kappa shape index (κ1) is 21.8. The quantitative estimate of drug-likeness (QED) is 0.264. The zero-order valence-electron chi connectivity index (χ0n) is 17.5.